The molecule has 1 rings (SSSR count). The van der Waals surface area contributed by atoms with E-state index in [1.807, 2.05) is 0 Å². The van der Waals surface area contributed by atoms with Crippen LogP contribution in [0.3, 0.4) is 0 Å². The van der Waals surface area contributed by atoms with Gasteiger partial charge in [0.05, 0.1) is 6.61 Å². The summed E-state index contributed by atoms with van der Waals surface area (Å²) in [6.07, 6.45) is -0.133. The number of nitrogens with one attached hydrogen (secondary N) is 3. The third-order valence-corrected chi connectivity index (χ3v) is 1.24. The first-order chi connectivity index (χ1) is 4.79. The summed E-state index contributed by atoms with van der Waals surface area (Å²) in [5, 5.41) is 12.6. The van der Waals surface area contributed by atoms with E-state index >= 15 is 0 Å². The van der Waals surface area contributed by atoms with Crippen LogP contribution in [0.4, 0.5) is 0 Å². The van der Waals surface area contributed by atoms with Gasteiger partial charge in [-0.2, -0.15) is 0 Å². The molecule has 7 heteroatoms. The Morgan fingerprint density at radius 3 is 2.75 bits per heavy atom. The van der Waals surface area contributed by atoms with Crippen molar-refractivity contribution >= 4 is 18.4 Å². The third kappa shape index (κ3) is 5.62. The Balaban J connectivity index is 0. The van der Waals surface area contributed by atoms with Gasteiger partial charge in [0.15, 0.2) is 5.96 Å². The topological polar surface area (TPSA) is 83.2 Å². The molecule has 0 spiro atoms. The zero-order valence-electron chi connectivity index (χ0n) is 6.39. The first-order valence-corrected chi connectivity index (χ1v) is 3.22. The largest absolute Gasteiger partial charge is 0.370 e. The number of nitrogens with two attached hydrogens (primary N) is 1. The van der Waals surface area contributed by atoms with Crippen molar-refractivity contribution in [1.29, 1.82) is 5.41 Å². The van der Waals surface area contributed by atoms with E-state index in [1.54, 1.807) is 0 Å². The van der Waals surface area contributed by atoms with E-state index in [2.05, 4.69) is 10.6 Å². The van der Waals surface area contributed by atoms with Crippen LogP contribution in [0.15, 0.2) is 0 Å². The van der Waals surface area contributed by atoms with Crippen molar-refractivity contribution in [3.05, 3.63) is 0 Å². The summed E-state index contributed by atoms with van der Waals surface area (Å²) in [4.78, 5) is 0. The fourth-order valence-electron chi connectivity index (χ4n) is 0.832. The minimum Gasteiger partial charge on any atom is -0.370 e. The SMILES string of the molecule is Cl.N=C(N)NC1CNCCO1.[Cu]. The molecule has 1 aliphatic heterocycles. The summed E-state index contributed by atoms with van der Waals surface area (Å²) >= 11 is 0. The van der Waals surface area contributed by atoms with Gasteiger partial charge in [0.25, 0.3) is 0 Å². The molecule has 1 heterocycles. The predicted molar refractivity (Wildman–Crippen MR) is 44.9 cm³/mol. The molecule has 5 N–H and O–H groups in total. The minimum absolute atomic E-state index is 0. The molecule has 1 atom stereocenters. The van der Waals surface area contributed by atoms with Crippen molar-refractivity contribution < 1.29 is 21.8 Å². The van der Waals surface area contributed by atoms with Crippen molar-refractivity contribution in [1.82, 2.24) is 10.6 Å². The van der Waals surface area contributed by atoms with Gasteiger partial charge in [-0.25, -0.2) is 0 Å². The summed E-state index contributed by atoms with van der Waals surface area (Å²) in [5.41, 5.74) is 5.09. The maximum atomic E-state index is 6.89. The Kier molecular flexibility index (Phi) is 9.24. The Bertz CT molecular complexity index is 131. The molecular formula is C5H13ClCuN4O. The van der Waals surface area contributed by atoms with Gasteiger partial charge in [0.1, 0.15) is 6.23 Å². The summed E-state index contributed by atoms with van der Waals surface area (Å²) < 4.78 is 5.19. The molecule has 0 amide bonds. The van der Waals surface area contributed by atoms with Crippen LogP contribution in [0.25, 0.3) is 0 Å². The van der Waals surface area contributed by atoms with Gasteiger partial charge >= 0.3 is 0 Å². The molecule has 0 aromatic rings. The Labute approximate surface area is 88.2 Å². The van der Waals surface area contributed by atoms with Crippen molar-refractivity contribution in [3.63, 3.8) is 0 Å². The van der Waals surface area contributed by atoms with Gasteiger partial charge < -0.3 is 21.1 Å². The first-order valence-electron chi connectivity index (χ1n) is 3.22. The number of ether oxygens (including phenoxy) is 1. The first kappa shape index (κ1) is 14.5. The van der Waals surface area contributed by atoms with Crippen LogP contribution >= 0.6 is 12.4 Å². The zero-order chi connectivity index (χ0) is 7.40. The van der Waals surface area contributed by atoms with Gasteiger partial charge in [0.2, 0.25) is 0 Å². The molecule has 1 aliphatic rings. The van der Waals surface area contributed by atoms with Crippen LogP contribution < -0.4 is 16.4 Å². The standard InChI is InChI=1S/C5H12N4O.ClH.Cu/c6-5(7)9-4-3-8-1-2-10-4;;/h4,8H,1-3H2,(H4,6,7,9);1H;. The fourth-order valence-corrected chi connectivity index (χ4v) is 0.832. The summed E-state index contributed by atoms with van der Waals surface area (Å²) in [6.45, 7) is 2.25. The van der Waals surface area contributed by atoms with Crippen LogP contribution in [-0.2, 0) is 21.8 Å². The predicted octanol–water partition coefficient (Wildman–Crippen LogP) is -1.17. The minimum atomic E-state index is -0.133. The quantitative estimate of drug-likeness (QED) is 0.266. The van der Waals surface area contributed by atoms with Crippen LogP contribution in [0, 0.1) is 5.41 Å². The Hall–Kier alpha value is -0.000519. The molecule has 1 radical (unpaired) electrons. The number of halogens is 1. The summed E-state index contributed by atoms with van der Waals surface area (Å²) in [5.74, 6) is -0.0475. The second-order valence-corrected chi connectivity index (χ2v) is 2.12. The molecule has 0 bridgehead atoms. The van der Waals surface area contributed by atoms with Crippen molar-refractivity contribution in [2.24, 2.45) is 5.73 Å². The van der Waals surface area contributed by atoms with Crippen LogP contribution in [-0.4, -0.2) is 31.9 Å². The van der Waals surface area contributed by atoms with E-state index in [9.17, 15) is 0 Å². The second kappa shape index (κ2) is 7.64. The molecule has 77 valence electrons. The third-order valence-electron chi connectivity index (χ3n) is 1.24. The summed E-state index contributed by atoms with van der Waals surface area (Å²) in [6, 6.07) is 0. The van der Waals surface area contributed by atoms with Crippen molar-refractivity contribution in [2.75, 3.05) is 19.7 Å². The van der Waals surface area contributed by atoms with Gasteiger partial charge in [-0.3, -0.25) is 5.41 Å². The normalized spacial score (nSPS) is 21.5. The Morgan fingerprint density at radius 2 is 2.33 bits per heavy atom. The molecule has 1 fully saturated rings. The van der Waals surface area contributed by atoms with Crippen molar-refractivity contribution in [2.45, 2.75) is 6.23 Å². The zero-order valence-corrected chi connectivity index (χ0v) is 8.15. The molecule has 0 saturated carbocycles. The van der Waals surface area contributed by atoms with E-state index in [0.29, 0.717) is 13.2 Å². The van der Waals surface area contributed by atoms with E-state index in [-0.39, 0.29) is 41.7 Å². The van der Waals surface area contributed by atoms with Gasteiger partial charge in [-0.15, -0.1) is 12.4 Å². The molecule has 1 saturated heterocycles. The van der Waals surface area contributed by atoms with E-state index < -0.39 is 0 Å². The molecular weight excluding hydrogens is 231 g/mol. The average Bonchev–Trinajstić information content (AvgIpc) is 1.88. The van der Waals surface area contributed by atoms with Crippen LogP contribution in [0.2, 0.25) is 0 Å². The maximum absolute atomic E-state index is 6.89. The number of hydrogen-bond acceptors (Lipinski definition) is 3. The van der Waals surface area contributed by atoms with E-state index in [4.69, 9.17) is 15.9 Å². The van der Waals surface area contributed by atoms with Gasteiger partial charge in [-0.05, 0) is 0 Å². The molecule has 0 aliphatic carbocycles. The van der Waals surface area contributed by atoms with Crippen molar-refractivity contribution in [3.8, 4) is 0 Å². The van der Waals surface area contributed by atoms with Gasteiger partial charge in [-0.1, -0.05) is 0 Å². The molecule has 0 aromatic carbocycles. The monoisotopic (exact) mass is 243 g/mol. The summed E-state index contributed by atoms with van der Waals surface area (Å²) in [7, 11) is 0. The van der Waals surface area contributed by atoms with Crippen LogP contribution in [0.1, 0.15) is 0 Å². The fraction of sp³-hybridized carbons (Fsp3) is 0.800. The maximum Gasteiger partial charge on any atom is 0.187 e. The number of morpholine rings is 1. The second-order valence-electron chi connectivity index (χ2n) is 2.12. The van der Waals surface area contributed by atoms with Crippen LogP contribution in [0.5, 0.6) is 0 Å². The molecule has 12 heavy (non-hydrogen) atoms. The molecule has 0 aromatic heterocycles. The number of guanidine groups is 1. The molecule has 1 unspecified atom stereocenters. The van der Waals surface area contributed by atoms with E-state index in [0.717, 1.165) is 6.54 Å². The van der Waals surface area contributed by atoms with Gasteiger partial charge in [0, 0.05) is 30.2 Å². The number of rotatable bonds is 1. The van der Waals surface area contributed by atoms with E-state index in [1.165, 1.54) is 0 Å². The number of hydrogen-bond donors (Lipinski definition) is 4. The smallest absolute Gasteiger partial charge is 0.187 e. The average molecular weight is 244 g/mol. The molecule has 5 nitrogen and oxygen atoms in total. The Morgan fingerprint density at radius 1 is 1.67 bits per heavy atom.